The average molecular weight is 247 g/mol. The van der Waals surface area contributed by atoms with Gasteiger partial charge in [-0.25, -0.2) is 0 Å². The third-order valence-electron chi connectivity index (χ3n) is 2.28. The first-order chi connectivity index (χ1) is 8.33. The van der Waals surface area contributed by atoms with E-state index in [0.29, 0.717) is 22.4 Å². The van der Waals surface area contributed by atoms with Gasteiger partial charge in [-0.2, -0.15) is 5.21 Å². The molecule has 5 nitrogen and oxygen atoms in total. The van der Waals surface area contributed by atoms with E-state index < -0.39 is 0 Å². The van der Waals surface area contributed by atoms with Crippen molar-refractivity contribution in [2.75, 3.05) is 0 Å². The molecule has 0 unspecified atom stereocenters. The van der Waals surface area contributed by atoms with Gasteiger partial charge < -0.3 is 4.42 Å². The lowest BCUT2D eigenvalue weighted by atomic mass is 10.2. The number of hydrogen-bond donors (Lipinski definition) is 1. The van der Waals surface area contributed by atoms with Gasteiger partial charge in [-0.3, -0.25) is 0 Å². The summed E-state index contributed by atoms with van der Waals surface area (Å²) in [5, 5.41) is 14.2. The highest BCUT2D eigenvalue weighted by Gasteiger charge is 2.10. The monoisotopic (exact) mass is 246 g/mol. The Morgan fingerprint density at radius 3 is 2.76 bits per heavy atom. The van der Waals surface area contributed by atoms with Crippen molar-refractivity contribution >= 4 is 11.6 Å². The number of rotatable bonds is 2. The van der Waals surface area contributed by atoms with E-state index >= 15 is 0 Å². The second-order valence-electron chi connectivity index (χ2n) is 3.41. The van der Waals surface area contributed by atoms with Gasteiger partial charge in [-0.1, -0.05) is 23.7 Å². The first-order valence-electron chi connectivity index (χ1n) is 4.92. The van der Waals surface area contributed by atoms with Gasteiger partial charge in [-0.15, -0.1) is 10.2 Å². The largest absolute Gasteiger partial charge is 0.453 e. The maximum Gasteiger partial charge on any atom is 0.239 e. The highest BCUT2D eigenvalue weighted by molar-refractivity contribution is 6.30. The molecule has 0 aliphatic carbocycles. The Labute approximate surface area is 101 Å². The summed E-state index contributed by atoms with van der Waals surface area (Å²) >= 11 is 5.92. The Balaban J connectivity index is 2.01. The zero-order valence-electron chi connectivity index (χ0n) is 8.59. The summed E-state index contributed by atoms with van der Waals surface area (Å²) in [6.45, 7) is 0. The lowest BCUT2D eigenvalue weighted by Gasteiger charge is -1.96. The van der Waals surface area contributed by atoms with Crippen LogP contribution in [0.25, 0.3) is 22.9 Å². The molecule has 0 fully saturated rings. The average Bonchev–Trinajstić information content (AvgIpc) is 3.00. The maximum absolute atomic E-state index is 5.92. The molecule has 0 spiro atoms. The number of nitrogens with one attached hydrogen (secondary N) is 1. The Kier molecular flexibility index (Phi) is 2.38. The van der Waals surface area contributed by atoms with E-state index in [9.17, 15) is 0 Å². The van der Waals surface area contributed by atoms with Gasteiger partial charge >= 0.3 is 0 Å². The Morgan fingerprint density at radius 1 is 1.12 bits per heavy atom. The van der Waals surface area contributed by atoms with Gasteiger partial charge in [0, 0.05) is 10.6 Å². The van der Waals surface area contributed by atoms with Crippen LogP contribution in [0.2, 0.25) is 5.02 Å². The summed E-state index contributed by atoms with van der Waals surface area (Å²) in [6, 6.07) is 11.1. The fraction of sp³-hybridized carbons (Fsp3) is 0. The SMILES string of the molecule is Clc1cccc(-c2ccc(-c3nn[nH]n3)o2)c1. The smallest absolute Gasteiger partial charge is 0.239 e. The first-order valence-corrected chi connectivity index (χ1v) is 5.30. The molecule has 3 aromatic rings. The van der Waals surface area contributed by atoms with Crippen LogP contribution in [0.3, 0.4) is 0 Å². The third kappa shape index (κ3) is 1.92. The van der Waals surface area contributed by atoms with E-state index in [-0.39, 0.29) is 0 Å². The molecule has 2 aromatic heterocycles. The standard InChI is InChI=1S/C11H7ClN4O/c12-8-3-1-2-7(6-8)9-4-5-10(17-9)11-13-15-16-14-11/h1-6H,(H,13,14,15,16). The van der Waals surface area contributed by atoms with Crippen molar-refractivity contribution < 1.29 is 4.42 Å². The van der Waals surface area contributed by atoms with Crippen molar-refractivity contribution in [3.8, 4) is 22.9 Å². The highest BCUT2D eigenvalue weighted by Crippen LogP contribution is 2.27. The minimum absolute atomic E-state index is 0.429. The summed E-state index contributed by atoms with van der Waals surface area (Å²) in [4.78, 5) is 0. The lowest BCUT2D eigenvalue weighted by molar-refractivity contribution is 0.592. The molecule has 0 saturated heterocycles. The second kappa shape index (κ2) is 4.03. The number of tetrazole rings is 1. The van der Waals surface area contributed by atoms with Crippen LogP contribution < -0.4 is 0 Å². The van der Waals surface area contributed by atoms with Crippen molar-refractivity contribution in [2.45, 2.75) is 0 Å². The summed E-state index contributed by atoms with van der Waals surface area (Å²) in [5.41, 5.74) is 0.909. The number of hydrogen-bond acceptors (Lipinski definition) is 4. The zero-order chi connectivity index (χ0) is 11.7. The fourth-order valence-electron chi connectivity index (χ4n) is 1.52. The topological polar surface area (TPSA) is 67.6 Å². The fourth-order valence-corrected chi connectivity index (χ4v) is 1.71. The van der Waals surface area contributed by atoms with Crippen LogP contribution in [0, 0.1) is 0 Å². The molecule has 0 amide bonds. The van der Waals surface area contributed by atoms with Crippen LogP contribution in [0.4, 0.5) is 0 Å². The number of benzene rings is 1. The molecule has 17 heavy (non-hydrogen) atoms. The molecule has 0 aliphatic heterocycles. The number of furan rings is 1. The summed E-state index contributed by atoms with van der Waals surface area (Å²) in [7, 11) is 0. The Bertz CT molecular complexity index is 632. The Hall–Kier alpha value is -2.14. The predicted octanol–water partition coefficient (Wildman–Crippen LogP) is 2.78. The first kappa shape index (κ1) is 10.0. The van der Waals surface area contributed by atoms with Crippen LogP contribution in [-0.4, -0.2) is 20.6 Å². The molecule has 84 valence electrons. The highest BCUT2D eigenvalue weighted by atomic mass is 35.5. The summed E-state index contributed by atoms with van der Waals surface area (Å²) in [5.74, 6) is 1.71. The molecule has 0 radical (unpaired) electrons. The van der Waals surface area contributed by atoms with E-state index in [4.69, 9.17) is 16.0 Å². The van der Waals surface area contributed by atoms with E-state index in [2.05, 4.69) is 20.6 Å². The molecular formula is C11H7ClN4O. The van der Waals surface area contributed by atoms with E-state index in [1.165, 1.54) is 0 Å². The van der Waals surface area contributed by atoms with Crippen molar-refractivity contribution in [2.24, 2.45) is 0 Å². The minimum atomic E-state index is 0.429. The Morgan fingerprint density at radius 2 is 2.00 bits per heavy atom. The second-order valence-corrected chi connectivity index (χ2v) is 3.85. The molecule has 0 aliphatic rings. The molecule has 1 aromatic carbocycles. The number of aromatic amines is 1. The van der Waals surface area contributed by atoms with Crippen molar-refractivity contribution in [3.63, 3.8) is 0 Å². The molecule has 6 heteroatoms. The summed E-state index contributed by atoms with van der Waals surface area (Å²) in [6.07, 6.45) is 0. The van der Waals surface area contributed by atoms with Gasteiger partial charge in [0.05, 0.1) is 0 Å². The van der Waals surface area contributed by atoms with Crippen molar-refractivity contribution in [1.82, 2.24) is 20.6 Å². The van der Waals surface area contributed by atoms with Gasteiger partial charge in [0.25, 0.3) is 0 Å². The van der Waals surface area contributed by atoms with Crippen LogP contribution in [0.15, 0.2) is 40.8 Å². The lowest BCUT2D eigenvalue weighted by Crippen LogP contribution is -1.76. The molecule has 1 N–H and O–H groups in total. The van der Waals surface area contributed by atoms with Gasteiger partial charge in [0.15, 0.2) is 5.76 Å². The molecule has 2 heterocycles. The molecule has 0 atom stereocenters. The molecular weight excluding hydrogens is 240 g/mol. The van der Waals surface area contributed by atoms with Crippen molar-refractivity contribution in [1.29, 1.82) is 0 Å². The third-order valence-corrected chi connectivity index (χ3v) is 2.52. The molecule has 3 rings (SSSR count). The van der Waals surface area contributed by atoms with Crippen LogP contribution in [0.5, 0.6) is 0 Å². The van der Waals surface area contributed by atoms with E-state index in [1.54, 1.807) is 6.07 Å². The van der Waals surface area contributed by atoms with Crippen LogP contribution in [0.1, 0.15) is 0 Å². The quantitative estimate of drug-likeness (QED) is 0.755. The zero-order valence-corrected chi connectivity index (χ0v) is 9.35. The number of halogens is 1. The van der Waals surface area contributed by atoms with E-state index in [0.717, 1.165) is 5.56 Å². The maximum atomic E-state index is 5.92. The van der Waals surface area contributed by atoms with Gasteiger partial charge in [-0.05, 0) is 29.5 Å². The van der Waals surface area contributed by atoms with Gasteiger partial charge in [0.1, 0.15) is 5.76 Å². The molecule has 0 saturated carbocycles. The minimum Gasteiger partial charge on any atom is -0.453 e. The van der Waals surface area contributed by atoms with Crippen LogP contribution >= 0.6 is 11.6 Å². The predicted molar refractivity (Wildman–Crippen MR) is 62.3 cm³/mol. The number of aromatic nitrogens is 4. The summed E-state index contributed by atoms with van der Waals surface area (Å²) < 4.78 is 5.63. The number of nitrogens with zero attached hydrogens (tertiary/aromatic N) is 3. The molecule has 0 bridgehead atoms. The number of H-pyrrole nitrogens is 1. The van der Waals surface area contributed by atoms with Crippen LogP contribution in [-0.2, 0) is 0 Å². The van der Waals surface area contributed by atoms with E-state index in [1.807, 2.05) is 30.3 Å². The van der Waals surface area contributed by atoms with Crippen molar-refractivity contribution in [3.05, 3.63) is 41.4 Å². The normalized spacial score (nSPS) is 10.6. The van der Waals surface area contributed by atoms with Gasteiger partial charge in [0.2, 0.25) is 5.82 Å².